The van der Waals surface area contributed by atoms with Crippen molar-refractivity contribution < 1.29 is 9.47 Å². The van der Waals surface area contributed by atoms with E-state index < -0.39 is 0 Å². The van der Waals surface area contributed by atoms with Gasteiger partial charge in [0.2, 0.25) is 0 Å². The molecule has 2 fully saturated rings. The second-order valence-electron chi connectivity index (χ2n) is 5.71. The van der Waals surface area contributed by atoms with Crippen LogP contribution in [-0.4, -0.2) is 47.9 Å². The Morgan fingerprint density at radius 1 is 1.40 bits per heavy atom. The van der Waals surface area contributed by atoms with E-state index in [1.165, 1.54) is 6.42 Å². The number of hydrogen-bond donors (Lipinski definition) is 0. The first-order valence-electron chi connectivity index (χ1n) is 7.67. The minimum atomic E-state index is 0.244. The lowest BCUT2D eigenvalue weighted by Crippen LogP contribution is -2.51. The zero-order valence-corrected chi connectivity index (χ0v) is 12.4. The summed E-state index contributed by atoms with van der Waals surface area (Å²) in [6, 6.07) is 6.74. The molecule has 4 nitrogen and oxygen atoms in total. The number of aryl methyl sites for hydroxylation is 1. The normalized spacial score (nSPS) is 30.4. The lowest BCUT2D eigenvalue weighted by molar-refractivity contribution is -0.113. The second kappa shape index (κ2) is 6.20. The van der Waals surface area contributed by atoms with Gasteiger partial charge in [0.1, 0.15) is 0 Å². The Labute approximate surface area is 121 Å². The van der Waals surface area contributed by atoms with Crippen LogP contribution in [-0.2, 0) is 16.0 Å². The molecule has 20 heavy (non-hydrogen) atoms. The van der Waals surface area contributed by atoms with E-state index in [1.54, 1.807) is 0 Å². The molecule has 0 radical (unpaired) electrons. The van der Waals surface area contributed by atoms with Crippen molar-refractivity contribution in [1.82, 2.24) is 9.88 Å². The van der Waals surface area contributed by atoms with Crippen LogP contribution < -0.4 is 0 Å². The Balaban J connectivity index is 1.68. The van der Waals surface area contributed by atoms with Crippen molar-refractivity contribution >= 4 is 0 Å². The summed E-state index contributed by atoms with van der Waals surface area (Å²) in [5.41, 5.74) is 2.25. The van der Waals surface area contributed by atoms with Gasteiger partial charge in [-0.3, -0.25) is 9.88 Å². The molecule has 1 aromatic rings. The molecule has 1 aromatic heterocycles. The van der Waals surface area contributed by atoms with Gasteiger partial charge in [0.25, 0.3) is 0 Å². The highest BCUT2D eigenvalue weighted by Gasteiger charge is 2.43. The number of aromatic nitrogens is 1. The molecule has 1 saturated carbocycles. The summed E-state index contributed by atoms with van der Waals surface area (Å²) in [7, 11) is 0. The first kappa shape index (κ1) is 14.0. The van der Waals surface area contributed by atoms with Crippen LogP contribution in [0.3, 0.4) is 0 Å². The average Bonchev–Trinajstić information content (AvgIpc) is 2.84. The standard InChI is InChI=1S/C16H24N2O2/c1-3-19-15-8-7-14-16(15)20-10-9-18(14)11-13-6-4-5-12(2)17-13/h4-6,14-16H,3,7-11H2,1-2H3/t14-,15+,16+/m0/s1. The molecule has 3 atom stereocenters. The minimum Gasteiger partial charge on any atom is -0.376 e. The largest absolute Gasteiger partial charge is 0.376 e. The van der Waals surface area contributed by atoms with Gasteiger partial charge in [-0.15, -0.1) is 0 Å². The van der Waals surface area contributed by atoms with Crippen molar-refractivity contribution in [3.05, 3.63) is 29.6 Å². The first-order valence-corrected chi connectivity index (χ1v) is 7.67. The summed E-state index contributed by atoms with van der Waals surface area (Å²) in [5, 5.41) is 0. The maximum atomic E-state index is 5.97. The Kier molecular flexibility index (Phi) is 4.34. The van der Waals surface area contributed by atoms with Crippen molar-refractivity contribution in [2.75, 3.05) is 19.8 Å². The number of morpholine rings is 1. The highest BCUT2D eigenvalue weighted by Crippen LogP contribution is 2.32. The van der Waals surface area contributed by atoms with Crippen LogP contribution in [0.1, 0.15) is 31.2 Å². The zero-order valence-electron chi connectivity index (χ0n) is 12.4. The molecule has 1 saturated heterocycles. The zero-order chi connectivity index (χ0) is 13.9. The molecule has 1 aliphatic carbocycles. The van der Waals surface area contributed by atoms with Crippen molar-refractivity contribution in [2.45, 2.75) is 51.5 Å². The predicted molar refractivity (Wildman–Crippen MR) is 77.6 cm³/mol. The third-order valence-electron chi connectivity index (χ3n) is 4.34. The third-order valence-corrected chi connectivity index (χ3v) is 4.34. The average molecular weight is 276 g/mol. The van der Waals surface area contributed by atoms with Gasteiger partial charge in [0, 0.05) is 31.4 Å². The quantitative estimate of drug-likeness (QED) is 0.844. The van der Waals surface area contributed by atoms with Crippen molar-refractivity contribution in [2.24, 2.45) is 0 Å². The van der Waals surface area contributed by atoms with Crippen LogP contribution >= 0.6 is 0 Å². The molecule has 0 aromatic carbocycles. The fraction of sp³-hybridized carbons (Fsp3) is 0.688. The molecular weight excluding hydrogens is 252 g/mol. The lowest BCUT2D eigenvalue weighted by Gasteiger charge is -2.38. The van der Waals surface area contributed by atoms with E-state index in [9.17, 15) is 0 Å². The summed E-state index contributed by atoms with van der Waals surface area (Å²) in [5.74, 6) is 0. The summed E-state index contributed by atoms with van der Waals surface area (Å²) in [6.45, 7) is 7.60. The third kappa shape index (κ3) is 2.87. The van der Waals surface area contributed by atoms with Crippen molar-refractivity contribution in [1.29, 1.82) is 0 Å². The van der Waals surface area contributed by atoms with Gasteiger partial charge >= 0.3 is 0 Å². The van der Waals surface area contributed by atoms with E-state index in [-0.39, 0.29) is 12.2 Å². The van der Waals surface area contributed by atoms with Gasteiger partial charge < -0.3 is 9.47 Å². The summed E-state index contributed by atoms with van der Waals surface area (Å²) >= 11 is 0. The number of hydrogen-bond acceptors (Lipinski definition) is 4. The summed E-state index contributed by atoms with van der Waals surface area (Å²) in [4.78, 5) is 7.15. The molecule has 4 heteroatoms. The Hall–Kier alpha value is -0.970. The van der Waals surface area contributed by atoms with Crippen LogP contribution in [0.2, 0.25) is 0 Å². The molecule has 0 bridgehead atoms. The van der Waals surface area contributed by atoms with Gasteiger partial charge in [-0.1, -0.05) is 6.07 Å². The van der Waals surface area contributed by atoms with Crippen molar-refractivity contribution in [3.63, 3.8) is 0 Å². The van der Waals surface area contributed by atoms with E-state index in [1.807, 2.05) is 13.0 Å². The van der Waals surface area contributed by atoms with Gasteiger partial charge in [-0.05, 0) is 38.8 Å². The topological polar surface area (TPSA) is 34.6 Å². The number of fused-ring (bicyclic) bond motifs is 1. The van der Waals surface area contributed by atoms with Crippen molar-refractivity contribution in [3.8, 4) is 0 Å². The highest BCUT2D eigenvalue weighted by atomic mass is 16.5. The number of pyridine rings is 1. The molecular formula is C16H24N2O2. The molecule has 110 valence electrons. The van der Waals surface area contributed by atoms with Crippen LogP contribution in [0.15, 0.2) is 18.2 Å². The van der Waals surface area contributed by atoms with Crippen LogP contribution in [0.5, 0.6) is 0 Å². The molecule has 3 rings (SSSR count). The molecule has 0 unspecified atom stereocenters. The fourth-order valence-electron chi connectivity index (χ4n) is 3.48. The highest BCUT2D eigenvalue weighted by molar-refractivity contribution is 5.10. The molecule has 1 aliphatic heterocycles. The van der Waals surface area contributed by atoms with Gasteiger partial charge in [0.15, 0.2) is 0 Å². The van der Waals surface area contributed by atoms with E-state index in [0.717, 1.165) is 44.1 Å². The monoisotopic (exact) mass is 276 g/mol. The summed E-state index contributed by atoms with van der Waals surface area (Å²) in [6.07, 6.45) is 2.80. The Morgan fingerprint density at radius 3 is 3.10 bits per heavy atom. The maximum Gasteiger partial charge on any atom is 0.0992 e. The minimum absolute atomic E-state index is 0.244. The smallest absolute Gasteiger partial charge is 0.0992 e. The number of rotatable bonds is 4. The number of ether oxygens (including phenoxy) is 2. The Bertz CT molecular complexity index is 452. The molecule has 0 amide bonds. The van der Waals surface area contributed by atoms with Gasteiger partial charge in [-0.2, -0.15) is 0 Å². The number of nitrogens with zero attached hydrogens (tertiary/aromatic N) is 2. The molecule has 2 heterocycles. The second-order valence-corrected chi connectivity index (χ2v) is 5.71. The molecule has 0 N–H and O–H groups in total. The lowest BCUT2D eigenvalue weighted by atomic mass is 10.1. The summed E-state index contributed by atoms with van der Waals surface area (Å²) < 4.78 is 11.8. The van der Waals surface area contributed by atoms with Gasteiger partial charge in [-0.25, -0.2) is 0 Å². The van der Waals surface area contributed by atoms with Crippen LogP contribution in [0, 0.1) is 6.92 Å². The Morgan fingerprint density at radius 2 is 2.30 bits per heavy atom. The van der Waals surface area contributed by atoms with Crippen LogP contribution in [0.4, 0.5) is 0 Å². The molecule has 0 spiro atoms. The van der Waals surface area contributed by atoms with E-state index in [4.69, 9.17) is 9.47 Å². The van der Waals surface area contributed by atoms with E-state index >= 15 is 0 Å². The predicted octanol–water partition coefficient (Wildman–Crippen LogP) is 2.16. The maximum absolute atomic E-state index is 5.97. The van der Waals surface area contributed by atoms with Gasteiger partial charge in [0.05, 0.1) is 24.5 Å². The van der Waals surface area contributed by atoms with E-state index in [0.29, 0.717) is 6.04 Å². The SMILES string of the molecule is CCO[C@@H]1CC[C@H]2[C@H]1OCCN2Cc1cccc(C)n1. The fourth-order valence-corrected chi connectivity index (χ4v) is 3.48. The van der Waals surface area contributed by atoms with E-state index in [2.05, 4.69) is 28.9 Å². The first-order chi connectivity index (χ1) is 9.78. The van der Waals surface area contributed by atoms with Crippen LogP contribution in [0.25, 0.3) is 0 Å². The molecule has 2 aliphatic rings.